The van der Waals surface area contributed by atoms with E-state index in [9.17, 15) is 9.18 Å². The Morgan fingerprint density at radius 3 is 2.44 bits per heavy atom. The summed E-state index contributed by atoms with van der Waals surface area (Å²) in [6.07, 6.45) is 1.83. The molecule has 0 N–H and O–H groups in total. The summed E-state index contributed by atoms with van der Waals surface area (Å²) in [4.78, 5) is 14.1. The number of hydrogen-bond donors (Lipinski definition) is 0. The molecule has 0 unspecified atom stereocenters. The molecular formula is C38H45ClFN3O5. The SMILES string of the molecule is COCCOCCCn1c(C(=O)OC(C)(C)C)c(CCCOc2cccc3cc(F)ccc23)c2ccc(Cl)c(-c3c(C)nn(C)c3C)c21. The Bertz CT molecular complexity index is 1920. The van der Waals surface area contributed by atoms with Crippen molar-refractivity contribution in [3.8, 4) is 16.9 Å². The lowest BCUT2D eigenvalue weighted by Crippen LogP contribution is -2.26. The summed E-state index contributed by atoms with van der Waals surface area (Å²) < 4.78 is 41.0. The van der Waals surface area contributed by atoms with Crippen molar-refractivity contribution in [2.75, 3.05) is 33.5 Å². The molecule has 0 bridgehead atoms. The van der Waals surface area contributed by atoms with Crippen LogP contribution in [-0.4, -0.2) is 59.5 Å². The van der Waals surface area contributed by atoms with Gasteiger partial charge in [-0.1, -0.05) is 29.8 Å². The zero-order valence-electron chi connectivity index (χ0n) is 28.9. The molecule has 0 saturated heterocycles. The molecule has 2 aromatic heterocycles. The third-order valence-corrected chi connectivity index (χ3v) is 8.68. The number of carbonyl (C=O) groups excluding carboxylic acids is 1. The lowest BCUT2D eigenvalue weighted by molar-refractivity contribution is 0.00557. The normalized spacial score (nSPS) is 11.9. The first-order valence-corrected chi connectivity index (χ1v) is 16.7. The van der Waals surface area contributed by atoms with Gasteiger partial charge in [0.25, 0.3) is 0 Å². The first-order chi connectivity index (χ1) is 22.9. The van der Waals surface area contributed by atoms with Gasteiger partial charge < -0.3 is 23.5 Å². The van der Waals surface area contributed by atoms with Crippen LogP contribution in [0.5, 0.6) is 5.75 Å². The van der Waals surface area contributed by atoms with Crippen LogP contribution in [0.15, 0.2) is 48.5 Å². The van der Waals surface area contributed by atoms with E-state index in [1.54, 1.807) is 13.2 Å². The Kier molecular flexibility index (Phi) is 11.1. The average Bonchev–Trinajstić information content (AvgIpc) is 3.47. The number of nitrogens with zero attached hydrogens (tertiary/aromatic N) is 3. The van der Waals surface area contributed by atoms with Gasteiger partial charge in [0.05, 0.1) is 36.1 Å². The highest BCUT2D eigenvalue weighted by atomic mass is 35.5. The highest BCUT2D eigenvalue weighted by molar-refractivity contribution is 6.35. The molecule has 48 heavy (non-hydrogen) atoms. The molecule has 10 heteroatoms. The highest BCUT2D eigenvalue weighted by Gasteiger charge is 2.30. The van der Waals surface area contributed by atoms with E-state index in [2.05, 4.69) is 9.67 Å². The summed E-state index contributed by atoms with van der Waals surface area (Å²) in [6.45, 7) is 12.0. The molecule has 0 aliphatic carbocycles. The number of halogens is 2. The zero-order chi connectivity index (χ0) is 34.6. The fourth-order valence-corrected chi connectivity index (χ4v) is 6.50. The van der Waals surface area contributed by atoms with Gasteiger partial charge in [0, 0.05) is 54.9 Å². The van der Waals surface area contributed by atoms with Gasteiger partial charge in [-0.3, -0.25) is 4.68 Å². The van der Waals surface area contributed by atoms with Gasteiger partial charge in [0.15, 0.2) is 0 Å². The van der Waals surface area contributed by atoms with E-state index in [1.165, 1.54) is 12.1 Å². The summed E-state index contributed by atoms with van der Waals surface area (Å²) >= 11 is 7.03. The zero-order valence-corrected chi connectivity index (χ0v) is 29.7. The van der Waals surface area contributed by atoms with E-state index in [0.717, 1.165) is 49.8 Å². The minimum absolute atomic E-state index is 0.289. The van der Waals surface area contributed by atoms with Crippen LogP contribution >= 0.6 is 11.6 Å². The fourth-order valence-electron chi connectivity index (χ4n) is 6.25. The molecule has 5 aromatic rings. The number of aryl methyl sites for hydroxylation is 4. The number of esters is 1. The van der Waals surface area contributed by atoms with Gasteiger partial charge >= 0.3 is 5.97 Å². The number of carbonyl (C=O) groups is 1. The average molecular weight is 678 g/mol. The van der Waals surface area contributed by atoms with Gasteiger partial charge in [-0.25, -0.2) is 9.18 Å². The van der Waals surface area contributed by atoms with Gasteiger partial charge in [0.1, 0.15) is 22.9 Å². The Hall–Kier alpha value is -3.92. The van der Waals surface area contributed by atoms with E-state index in [4.69, 9.17) is 30.5 Å². The van der Waals surface area contributed by atoms with E-state index >= 15 is 0 Å². The van der Waals surface area contributed by atoms with Crippen LogP contribution in [0.1, 0.15) is 61.1 Å². The molecule has 0 atom stereocenters. The van der Waals surface area contributed by atoms with Crippen molar-refractivity contribution < 1.29 is 28.1 Å². The number of fused-ring (bicyclic) bond motifs is 2. The van der Waals surface area contributed by atoms with Crippen LogP contribution in [0.25, 0.3) is 32.8 Å². The standard InChI is InChI=1S/C38H45ClFN3O5/c1-24-33(25(2)42(6)41-24)34-31(39)17-16-30-29(12-9-20-47-32-13-8-11-26-23-27(40)14-15-28(26)32)36(37(44)48-38(3,4)5)43(35(30)34)18-10-19-46-22-21-45-7/h8,11,13-17,23H,9-10,12,18-22H2,1-7H3. The molecule has 0 saturated carbocycles. The van der Waals surface area contributed by atoms with Crippen molar-refractivity contribution in [1.82, 2.24) is 14.3 Å². The molecule has 3 aromatic carbocycles. The molecular weight excluding hydrogens is 633 g/mol. The number of hydrogen-bond acceptors (Lipinski definition) is 6. The predicted octanol–water partition coefficient (Wildman–Crippen LogP) is 8.62. The topological polar surface area (TPSA) is 76.7 Å². The lowest BCUT2D eigenvalue weighted by Gasteiger charge is -2.21. The first-order valence-electron chi connectivity index (χ1n) is 16.4. The smallest absolute Gasteiger partial charge is 0.355 e. The third-order valence-electron chi connectivity index (χ3n) is 8.36. The molecule has 0 fully saturated rings. The third kappa shape index (κ3) is 7.69. The highest BCUT2D eigenvalue weighted by Crippen LogP contribution is 2.42. The van der Waals surface area contributed by atoms with Crippen molar-refractivity contribution in [2.45, 2.75) is 66.0 Å². The molecule has 8 nitrogen and oxygen atoms in total. The van der Waals surface area contributed by atoms with Crippen molar-refractivity contribution in [2.24, 2.45) is 7.05 Å². The number of ether oxygens (including phenoxy) is 4. The Morgan fingerprint density at radius 2 is 1.73 bits per heavy atom. The summed E-state index contributed by atoms with van der Waals surface area (Å²) in [7, 11) is 3.56. The largest absolute Gasteiger partial charge is 0.493 e. The van der Waals surface area contributed by atoms with E-state index in [-0.39, 0.29) is 5.82 Å². The number of rotatable bonds is 14. The first kappa shape index (κ1) is 35.4. The number of methoxy groups -OCH3 is 1. The van der Waals surface area contributed by atoms with Gasteiger partial charge in [-0.15, -0.1) is 0 Å². The summed E-state index contributed by atoms with van der Waals surface area (Å²) in [5.41, 5.74) is 5.15. The monoisotopic (exact) mass is 677 g/mol. The Balaban J connectivity index is 1.58. The molecule has 2 heterocycles. The van der Waals surface area contributed by atoms with Crippen LogP contribution in [0.2, 0.25) is 5.02 Å². The van der Waals surface area contributed by atoms with Crippen LogP contribution in [0, 0.1) is 19.7 Å². The van der Waals surface area contributed by atoms with Crippen molar-refractivity contribution >= 4 is 39.2 Å². The van der Waals surface area contributed by atoms with Crippen molar-refractivity contribution in [3.05, 3.63) is 82.0 Å². The second-order valence-corrected chi connectivity index (χ2v) is 13.4. The molecule has 0 amide bonds. The van der Waals surface area contributed by atoms with Crippen LogP contribution in [0.3, 0.4) is 0 Å². The molecule has 0 radical (unpaired) electrons. The second kappa shape index (κ2) is 15.1. The minimum Gasteiger partial charge on any atom is -0.493 e. The maximum Gasteiger partial charge on any atom is 0.355 e. The maximum absolute atomic E-state index is 14.1. The van der Waals surface area contributed by atoms with Gasteiger partial charge in [-0.2, -0.15) is 5.10 Å². The van der Waals surface area contributed by atoms with Crippen molar-refractivity contribution in [1.29, 1.82) is 0 Å². The molecule has 0 aliphatic rings. The Labute approximate surface area is 286 Å². The Morgan fingerprint density at radius 1 is 0.958 bits per heavy atom. The minimum atomic E-state index is -0.702. The predicted molar refractivity (Wildman–Crippen MR) is 189 cm³/mol. The van der Waals surface area contributed by atoms with Crippen LogP contribution in [0.4, 0.5) is 4.39 Å². The summed E-state index contributed by atoms with van der Waals surface area (Å²) in [6, 6.07) is 14.2. The second-order valence-electron chi connectivity index (χ2n) is 13.0. The number of benzene rings is 3. The van der Waals surface area contributed by atoms with Gasteiger partial charge in [0.2, 0.25) is 0 Å². The van der Waals surface area contributed by atoms with Crippen LogP contribution < -0.4 is 4.74 Å². The molecule has 0 aliphatic heterocycles. The lowest BCUT2D eigenvalue weighted by atomic mass is 9.98. The molecule has 0 spiro atoms. The number of aromatic nitrogens is 3. The molecule has 5 rings (SSSR count). The fraction of sp³-hybridized carbons (Fsp3) is 0.421. The summed E-state index contributed by atoms with van der Waals surface area (Å²) in [5.74, 6) is 0.00320. The van der Waals surface area contributed by atoms with Crippen molar-refractivity contribution in [3.63, 3.8) is 0 Å². The van der Waals surface area contributed by atoms with Crippen LogP contribution in [-0.2, 0) is 34.2 Å². The van der Waals surface area contributed by atoms with E-state index in [1.807, 2.05) is 76.7 Å². The van der Waals surface area contributed by atoms with E-state index < -0.39 is 11.6 Å². The summed E-state index contributed by atoms with van der Waals surface area (Å²) in [5, 5.41) is 7.82. The van der Waals surface area contributed by atoms with Gasteiger partial charge in [-0.05, 0) is 95.2 Å². The van der Waals surface area contributed by atoms with E-state index in [0.29, 0.717) is 68.7 Å². The quantitative estimate of drug-likeness (QED) is 0.0865. The molecule has 256 valence electrons. The maximum atomic E-state index is 14.1.